The van der Waals surface area contributed by atoms with Gasteiger partial charge in [-0.1, -0.05) is 26.7 Å². The predicted molar refractivity (Wildman–Crippen MR) is 52.1 cm³/mol. The Morgan fingerprint density at radius 1 is 1.55 bits per heavy atom. The minimum atomic E-state index is 0. The number of nitrogens with two attached hydrogens (primary N) is 1. The normalized spacial score (nSPS) is 37.9. The molecule has 2 atom stereocenters. The number of hydrogen-bond donors (Lipinski definition) is 1. The third-order valence-corrected chi connectivity index (χ3v) is 2.96. The minimum absolute atomic E-state index is 0. The zero-order valence-electron chi connectivity index (χ0n) is 7.60. The van der Waals surface area contributed by atoms with Crippen LogP contribution in [-0.4, -0.2) is 6.04 Å². The summed E-state index contributed by atoms with van der Waals surface area (Å²) in [5, 5.41) is 0. The Hall–Kier alpha value is 0.250. The summed E-state index contributed by atoms with van der Waals surface area (Å²) in [7, 11) is 0. The lowest BCUT2D eigenvalue weighted by Gasteiger charge is -2.35. The summed E-state index contributed by atoms with van der Waals surface area (Å²) in [6.07, 6.45) is 6.50. The summed E-state index contributed by atoms with van der Waals surface area (Å²) in [6.45, 7) is 4.64. The van der Waals surface area contributed by atoms with E-state index in [1.54, 1.807) is 0 Å². The zero-order chi connectivity index (χ0) is 7.61. The fourth-order valence-corrected chi connectivity index (χ4v) is 1.95. The Kier molecular flexibility index (Phi) is 4.42. The van der Waals surface area contributed by atoms with Crippen LogP contribution in [0.5, 0.6) is 0 Å². The van der Waals surface area contributed by atoms with Gasteiger partial charge < -0.3 is 5.73 Å². The third-order valence-electron chi connectivity index (χ3n) is 2.96. The molecular weight excluding hydrogens is 158 g/mol. The molecule has 2 unspecified atom stereocenters. The molecule has 2 heteroatoms. The van der Waals surface area contributed by atoms with Gasteiger partial charge in [0.25, 0.3) is 0 Å². The van der Waals surface area contributed by atoms with E-state index in [2.05, 4.69) is 13.8 Å². The molecule has 11 heavy (non-hydrogen) atoms. The molecule has 1 aliphatic carbocycles. The van der Waals surface area contributed by atoms with Crippen molar-refractivity contribution in [2.45, 2.75) is 52.0 Å². The van der Waals surface area contributed by atoms with Crippen LogP contribution in [0.25, 0.3) is 0 Å². The second-order valence-electron chi connectivity index (χ2n) is 4.02. The van der Waals surface area contributed by atoms with Crippen LogP contribution >= 0.6 is 12.4 Å². The van der Waals surface area contributed by atoms with E-state index in [9.17, 15) is 0 Å². The maximum atomic E-state index is 5.89. The molecule has 0 bridgehead atoms. The van der Waals surface area contributed by atoms with Crippen molar-refractivity contribution in [3.8, 4) is 0 Å². The van der Waals surface area contributed by atoms with Gasteiger partial charge >= 0.3 is 0 Å². The first kappa shape index (κ1) is 11.2. The number of hydrogen-bond acceptors (Lipinski definition) is 1. The van der Waals surface area contributed by atoms with Crippen LogP contribution < -0.4 is 5.73 Å². The van der Waals surface area contributed by atoms with Crippen LogP contribution in [0.1, 0.15) is 46.0 Å². The lowest BCUT2D eigenvalue weighted by molar-refractivity contribution is 0.188. The van der Waals surface area contributed by atoms with Gasteiger partial charge in [-0.05, 0) is 24.7 Å². The van der Waals surface area contributed by atoms with Crippen LogP contribution in [0.2, 0.25) is 0 Å². The lowest BCUT2D eigenvalue weighted by atomic mass is 9.72. The van der Waals surface area contributed by atoms with Gasteiger partial charge in [0, 0.05) is 6.04 Å². The molecule has 0 saturated heterocycles. The zero-order valence-corrected chi connectivity index (χ0v) is 8.41. The molecular formula is C9H20ClN. The van der Waals surface area contributed by atoms with Gasteiger partial charge in [-0.15, -0.1) is 12.4 Å². The Labute approximate surface area is 76.1 Å². The molecule has 0 amide bonds. The van der Waals surface area contributed by atoms with E-state index in [-0.39, 0.29) is 12.4 Å². The molecule has 0 spiro atoms. The van der Waals surface area contributed by atoms with Crippen molar-refractivity contribution < 1.29 is 0 Å². The minimum Gasteiger partial charge on any atom is -0.328 e. The molecule has 0 aliphatic heterocycles. The summed E-state index contributed by atoms with van der Waals surface area (Å²) in [6, 6.07) is 0.485. The first-order valence-corrected chi connectivity index (χ1v) is 4.42. The summed E-state index contributed by atoms with van der Waals surface area (Å²) in [5.74, 6) is 0. The van der Waals surface area contributed by atoms with Crippen molar-refractivity contribution in [2.75, 3.05) is 0 Å². The summed E-state index contributed by atoms with van der Waals surface area (Å²) >= 11 is 0. The molecule has 0 aromatic heterocycles. The van der Waals surface area contributed by atoms with Crippen molar-refractivity contribution in [3.05, 3.63) is 0 Å². The van der Waals surface area contributed by atoms with Crippen LogP contribution in [0, 0.1) is 5.41 Å². The SMILES string of the molecule is CCC1(C)CCCC(N)C1.Cl. The van der Waals surface area contributed by atoms with E-state index in [1.165, 1.54) is 32.1 Å². The van der Waals surface area contributed by atoms with Crippen molar-refractivity contribution >= 4 is 12.4 Å². The average Bonchev–Trinajstić information content (AvgIpc) is 1.88. The summed E-state index contributed by atoms with van der Waals surface area (Å²) < 4.78 is 0. The maximum absolute atomic E-state index is 5.89. The Bertz CT molecular complexity index is 116. The second kappa shape index (κ2) is 4.32. The van der Waals surface area contributed by atoms with Crippen LogP contribution in [0.4, 0.5) is 0 Å². The molecule has 1 saturated carbocycles. The molecule has 1 aliphatic rings. The molecule has 2 N–H and O–H groups in total. The Morgan fingerprint density at radius 3 is 2.55 bits per heavy atom. The lowest BCUT2D eigenvalue weighted by Crippen LogP contribution is -2.33. The smallest absolute Gasteiger partial charge is 0.00440 e. The molecule has 68 valence electrons. The molecule has 0 heterocycles. The number of rotatable bonds is 1. The van der Waals surface area contributed by atoms with E-state index in [1.807, 2.05) is 0 Å². The van der Waals surface area contributed by atoms with Gasteiger partial charge in [-0.3, -0.25) is 0 Å². The monoisotopic (exact) mass is 177 g/mol. The van der Waals surface area contributed by atoms with Gasteiger partial charge in [0.05, 0.1) is 0 Å². The predicted octanol–water partition coefficient (Wildman–Crippen LogP) is 2.73. The summed E-state index contributed by atoms with van der Waals surface area (Å²) in [5.41, 5.74) is 6.45. The highest BCUT2D eigenvalue weighted by Crippen LogP contribution is 2.37. The standard InChI is InChI=1S/C9H19N.ClH/c1-3-9(2)6-4-5-8(10)7-9;/h8H,3-7,10H2,1-2H3;1H. The largest absolute Gasteiger partial charge is 0.328 e. The molecule has 1 nitrogen and oxygen atoms in total. The second-order valence-corrected chi connectivity index (χ2v) is 4.02. The van der Waals surface area contributed by atoms with Crippen molar-refractivity contribution in [1.29, 1.82) is 0 Å². The van der Waals surface area contributed by atoms with E-state index in [4.69, 9.17) is 5.73 Å². The molecule has 1 fully saturated rings. The molecule has 0 aromatic rings. The van der Waals surface area contributed by atoms with Gasteiger partial charge in [0.1, 0.15) is 0 Å². The molecule has 0 aromatic carbocycles. The van der Waals surface area contributed by atoms with Crippen LogP contribution in [0.15, 0.2) is 0 Å². The van der Waals surface area contributed by atoms with E-state index in [0.717, 1.165) is 0 Å². The van der Waals surface area contributed by atoms with E-state index < -0.39 is 0 Å². The average molecular weight is 178 g/mol. The first-order valence-electron chi connectivity index (χ1n) is 4.42. The highest BCUT2D eigenvalue weighted by Gasteiger charge is 2.28. The Balaban J connectivity index is 0.000001000. The highest BCUT2D eigenvalue weighted by molar-refractivity contribution is 5.85. The van der Waals surface area contributed by atoms with Crippen LogP contribution in [0.3, 0.4) is 0 Å². The van der Waals surface area contributed by atoms with Crippen molar-refractivity contribution in [1.82, 2.24) is 0 Å². The van der Waals surface area contributed by atoms with Gasteiger partial charge in [-0.25, -0.2) is 0 Å². The van der Waals surface area contributed by atoms with Gasteiger partial charge in [0.2, 0.25) is 0 Å². The van der Waals surface area contributed by atoms with Crippen molar-refractivity contribution in [2.24, 2.45) is 11.1 Å². The topological polar surface area (TPSA) is 26.0 Å². The Morgan fingerprint density at radius 2 is 2.18 bits per heavy atom. The third kappa shape index (κ3) is 3.00. The highest BCUT2D eigenvalue weighted by atomic mass is 35.5. The van der Waals surface area contributed by atoms with E-state index in [0.29, 0.717) is 11.5 Å². The van der Waals surface area contributed by atoms with Gasteiger partial charge in [0.15, 0.2) is 0 Å². The van der Waals surface area contributed by atoms with Gasteiger partial charge in [-0.2, -0.15) is 0 Å². The van der Waals surface area contributed by atoms with Crippen LogP contribution in [-0.2, 0) is 0 Å². The molecule has 1 rings (SSSR count). The summed E-state index contributed by atoms with van der Waals surface area (Å²) in [4.78, 5) is 0. The maximum Gasteiger partial charge on any atom is 0.00440 e. The van der Waals surface area contributed by atoms with Crippen molar-refractivity contribution in [3.63, 3.8) is 0 Å². The van der Waals surface area contributed by atoms with E-state index >= 15 is 0 Å². The fraction of sp³-hybridized carbons (Fsp3) is 1.00. The number of halogens is 1. The quantitative estimate of drug-likeness (QED) is 0.655. The fourth-order valence-electron chi connectivity index (χ4n) is 1.95. The molecule has 0 radical (unpaired) electrons. The first-order chi connectivity index (χ1) is 4.66.